The van der Waals surface area contributed by atoms with E-state index in [4.69, 9.17) is 9.47 Å². The van der Waals surface area contributed by atoms with Gasteiger partial charge >= 0.3 is 0 Å². The number of hydrogen-bond acceptors (Lipinski definition) is 2. The lowest BCUT2D eigenvalue weighted by Crippen LogP contribution is -2.20. The van der Waals surface area contributed by atoms with Crippen molar-refractivity contribution in [3.63, 3.8) is 0 Å². The molecule has 0 spiro atoms. The van der Waals surface area contributed by atoms with E-state index in [1.54, 1.807) is 30.3 Å². The summed E-state index contributed by atoms with van der Waals surface area (Å²) in [5.74, 6) is -1.19. The zero-order valence-electron chi connectivity index (χ0n) is 19.3. The Bertz CT molecular complexity index is 1130. The molecule has 1 aliphatic carbocycles. The van der Waals surface area contributed by atoms with Crippen LogP contribution < -0.4 is 9.47 Å². The van der Waals surface area contributed by atoms with Gasteiger partial charge in [0.1, 0.15) is 12.4 Å². The van der Waals surface area contributed by atoms with Crippen molar-refractivity contribution < 1.29 is 22.6 Å². The molecule has 0 atom stereocenters. The van der Waals surface area contributed by atoms with Gasteiger partial charge in [0.2, 0.25) is 0 Å². The first kappa shape index (κ1) is 23.9. The Balaban J connectivity index is 1.34. The van der Waals surface area contributed by atoms with E-state index in [9.17, 15) is 13.2 Å². The first-order valence-corrected chi connectivity index (χ1v) is 11.7. The highest BCUT2D eigenvalue weighted by atomic mass is 19.2. The highest BCUT2D eigenvalue weighted by Crippen LogP contribution is 2.39. The second kappa shape index (κ2) is 10.8. The van der Waals surface area contributed by atoms with Crippen molar-refractivity contribution in [1.29, 1.82) is 0 Å². The molecule has 0 aromatic heterocycles. The SMILES string of the molecule is C=CCOc1ccc(OCC2CCC(c3ccc(-c4ccc(C)cc4)c(F)c3F)CC2)c(F)c1. The van der Waals surface area contributed by atoms with Gasteiger partial charge in [-0.3, -0.25) is 0 Å². The largest absolute Gasteiger partial charge is 0.490 e. The molecule has 0 amide bonds. The van der Waals surface area contributed by atoms with E-state index in [1.807, 2.05) is 31.2 Å². The third kappa shape index (κ3) is 5.46. The summed E-state index contributed by atoms with van der Waals surface area (Å²) >= 11 is 0. The molecule has 5 heteroatoms. The second-order valence-electron chi connectivity index (χ2n) is 8.92. The molecule has 0 unspecified atom stereocenters. The maximum atomic E-state index is 15.0. The molecule has 3 aromatic carbocycles. The Hall–Kier alpha value is -3.21. The van der Waals surface area contributed by atoms with Crippen molar-refractivity contribution >= 4 is 0 Å². The topological polar surface area (TPSA) is 18.5 Å². The lowest BCUT2D eigenvalue weighted by molar-refractivity contribution is 0.193. The van der Waals surface area contributed by atoms with Gasteiger partial charge in [0.05, 0.1) is 6.61 Å². The van der Waals surface area contributed by atoms with Gasteiger partial charge in [0, 0.05) is 11.6 Å². The summed E-state index contributed by atoms with van der Waals surface area (Å²) < 4.78 is 55.2. The maximum Gasteiger partial charge on any atom is 0.168 e. The van der Waals surface area contributed by atoms with Crippen LogP contribution in [0.2, 0.25) is 0 Å². The highest BCUT2D eigenvalue weighted by Gasteiger charge is 2.27. The molecule has 0 heterocycles. The number of halogens is 3. The van der Waals surface area contributed by atoms with Crippen LogP contribution in [0.25, 0.3) is 11.1 Å². The first-order valence-electron chi connectivity index (χ1n) is 11.7. The van der Waals surface area contributed by atoms with Crippen molar-refractivity contribution in [3.8, 4) is 22.6 Å². The predicted molar refractivity (Wildman–Crippen MR) is 129 cm³/mol. The number of aryl methyl sites for hydroxylation is 1. The molecule has 2 nitrogen and oxygen atoms in total. The molecule has 0 bridgehead atoms. The Kier molecular flexibility index (Phi) is 7.61. The molecule has 0 radical (unpaired) electrons. The minimum absolute atomic E-state index is 0.0316. The first-order chi connectivity index (χ1) is 16.5. The highest BCUT2D eigenvalue weighted by molar-refractivity contribution is 5.65. The van der Waals surface area contributed by atoms with Crippen LogP contribution in [0.4, 0.5) is 13.2 Å². The second-order valence-corrected chi connectivity index (χ2v) is 8.92. The van der Waals surface area contributed by atoms with Gasteiger partial charge in [-0.05, 0) is 67.7 Å². The van der Waals surface area contributed by atoms with Crippen LogP contribution in [-0.4, -0.2) is 13.2 Å². The summed E-state index contributed by atoms with van der Waals surface area (Å²) in [6, 6.07) is 15.3. The zero-order valence-corrected chi connectivity index (χ0v) is 19.3. The number of rotatable bonds is 8. The van der Waals surface area contributed by atoms with E-state index >= 15 is 0 Å². The molecular weight excluding hydrogens is 437 g/mol. The van der Waals surface area contributed by atoms with Crippen LogP contribution in [0.15, 0.2) is 67.3 Å². The molecule has 1 saturated carbocycles. The average molecular weight is 467 g/mol. The average Bonchev–Trinajstić information content (AvgIpc) is 2.85. The Morgan fingerprint density at radius 1 is 0.882 bits per heavy atom. The maximum absolute atomic E-state index is 15.0. The summed E-state index contributed by atoms with van der Waals surface area (Å²) in [5, 5.41) is 0. The van der Waals surface area contributed by atoms with E-state index in [-0.39, 0.29) is 23.1 Å². The third-order valence-electron chi connectivity index (χ3n) is 6.51. The summed E-state index contributed by atoms with van der Waals surface area (Å²) in [6.07, 6.45) is 4.70. The quantitative estimate of drug-likeness (QED) is 0.313. The van der Waals surface area contributed by atoms with Crippen LogP contribution in [0, 0.1) is 30.3 Å². The van der Waals surface area contributed by atoms with Crippen molar-refractivity contribution in [3.05, 3.63) is 95.8 Å². The monoisotopic (exact) mass is 466 g/mol. The number of hydrogen-bond donors (Lipinski definition) is 0. The van der Waals surface area contributed by atoms with Crippen LogP contribution in [0.1, 0.15) is 42.7 Å². The molecule has 1 aliphatic rings. The fraction of sp³-hybridized carbons (Fsp3) is 0.310. The van der Waals surface area contributed by atoms with Crippen LogP contribution in [0.5, 0.6) is 11.5 Å². The molecule has 0 N–H and O–H groups in total. The minimum Gasteiger partial charge on any atom is -0.490 e. The van der Waals surface area contributed by atoms with Crippen molar-refractivity contribution in [1.82, 2.24) is 0 Å². The number of benzene rings is 3. The van der Waals surface area contributed by atoms with E-state index < -0.39 is 17.5 Å². The summed E-state index contributed by atoms with van der Waals surface area (Å²) in [4.78, 5) is 0. The van der Waals surface area contributed by atoms with Gasteiger partial charge in [-0.2, -0.15) is 0 Å². The smallest absolute Gasteiger partial charge is 0.168 e. The van der Waals surface area contributed by atoms with Gasteiger partial charge in [0.25, 0.3) is 0 Å². The summed E-state index contributed by atoms with van der Waals surface area (Å²) in [6.45, 7) is 6.22. The van der Waals surface area contributed by atoms with E-state index in [2.05, 4.69) is 6.58 Å². The molecule has 1 fully saturated rings. The fourth-order valence-corrected chi connectivity index (χ4v) is 4.53. The summed E-state index contributed by atoms with van der Waals surface area (Å²) in [5.41, 5.74) is 2.46. The van der Waals surface area contributed by atoms with E-state index in [1.165, 1.54) is 6.07 Å². The van der Waals surface area contributed by atoms with Crippen molar-refractivity contribution in [2.75, 3.05) is 13.2 Å². The van der Waals surface area contributed by atoms with E-state index in [0.717, 1.165) is 31.2 Å². The fourth-order valence-electron chi connectivity index (χ4n) is 4.53. The van der Waals surface area contributed by atoms with Gasteiger partial charge in [-0.15, -0.1) is 0 Å². The van der Waals surface area contributed by atoms with Gasteiger partial charge in [-0.1, -0.05) is 54.6 Å². The molecule has 0 aliphatic heterocycles. The number of ether oxygens (including phenoxy) is 2. The standard InChI is InChI=1S/C29H29F3O2/c1-3-16-33-23-12-15-27(26(30)17-23)34-18-20-6-10-22(11-7-20)25-14-13-24(28(31)29(25)32)21-8-4-19(2)5-9-21/h3-5,8-9,12-15,17,20,22H,1,6-7,10-11,16,18H2,2H3. The minimum atomic E-state index is -0.789. The van der Waals surface area contributed by atoms with Crippen molar-refractivity contribution in [2.24, 2.45) is 5.92 Å². The summed E-state index contributed by atoms with van der Waals surface area (Å²) in [7, 11) is 0. The van der Waals surface area contributed by atoms with Crippen LogP contribution in [-0.2, 0) is 0 Å². The normalized spacial score (nSPS) is 17.9. The Labute approximate surface area is 199 Å². The van der Waals surface area contributed by atoms with Crippen LogP contribution >= 0.6 is 0 Å². The Morgan fingerprint density at radius 2 is 1.62 bits per heavy atom. The molecule has 3 aromatic rings. The van der Waals surface area contributed by atoms with Crippen molar-refractivity contribution in [2.45, 2.75) is 38.5 Å². The van der Waals surface area contributed by atoms with Gasteiger partial charge in [0.15, 0.2) is 23.2 Å². The van der Waals surface area contributed by atoms with Gasteiger partial charge < -0.3 is 9.47 Å². The third-order valence-corrected chi connectivity index (χ3v) is 6.51. The lowest BCUT2D eigenvalue weighted by atomic mass is 9.78. The molecule has 178 valence electrons. The molecule has 34 heavy (non-hydrogen) atoms. The predicted octanol–water partition coefficient (Wildman–Crippen LogP) is 8.00. The molecule has 4 rings (SSSR count). The van der Waals surface area contributed by atoms with Crippen LogP contribution in [0.3, 0.4) is 0 Å². The van der Waals surface area contributed by atoms with Gasteiger partial charge in [-0.25, -0.2) is 13.2 Å². The molecular formula is C29H29F3O2. The molecule has 0 saturated heterocycles. The zero-order chi connectivity index (χ0) is 24.1. The van der Waals surface area contributed by atoms with E-state index in [0.29, 0.717) is 30.1 Å². The lowest BCUT2D eigenvalue weighted by Gasteiger charge is -2.29. The Morgan fingerprint density at radius 3 is 2.29 bits per heavy atom.